The molecule has 0 unspecified atom stereocenters. The molecule has 2 aromatic heterocycles. The minimum atomic E-state index is -3.58. The average molecular weight is 333 g/mol. The van der Waals surface area contributed by atoms with Crippen LogP contribution in [0.3, 0.4) is 0 Å². The van der Waals surface area contributed by atoms with Crippen molar-refractivity contribution >= 4 is 38.9 Å². The number of hydrogen-bond acceptors (Lipinski definition) is 6. The van der Waals surface area contributed by atoms with Crippen LogP contribution in [-0.2, 0) is 16.4 Å². The van der Waals surface area contributed by atoms with Crippen molar-refractivity contribution in [2.45, 2.75) is 11.3 Å². The zero-order chi connectivity index (χ0) is 14.6. The van der Waals surface area contributed by atoms with E-state index in [0.717, 1.165) is 4.88 Å². The molecule has 20 heavy (non-hydrogen) atoms. The van der Waals surface area contributed by atoms with Crippen molar-refractivity contribution in [1.82, 2.24) is 14.7 Å². The predicted molar refractivity (Wildman–Crippen MR) is 79.8 cm³/mol. The van der Waals surface area contributed by atoms with Crippen LogP contribution in [0.5, 0.6) is 0 Å². The first-order valence-corrected chi connectivity index (χ1v) is 8.43. The predicted octanol–water partition coefficient (Wildman–Crippen LogP) is 1.75. The van der Waals surface area contributed by atoms with Gasteiger partial charge in [-0.1, -0.05) is 11.6 Å². The number of anilines is 1. The molecule has 0 amide bonds. The first-order chi connectivity index (χ1) is 9.51. The molecule has 108 valence electrons. The van der Waals surface area contributed by atoms with Crippen LogP contribution in [0.2, 0.25) is 4.34 Å². The van der Waals surface area contributed by atoms with Gasteiger partial charge in [0.25, 0.3) is 0 Å². The second-order valence-corrected chi connectivity index (χ2v) is 7.41. The van der Waals surface area contributed by atoms with Crippen LogP contribution in [0.15, 0.2) is 29.4 Å². The van der Waals surface area contributed by atoms with E-state index in [1.54, 1.807) is 13.1 Å². The summed E-state index contributed by atoms with van der Waals surface area (Å²) in [5.74, 6) is 0.372. The minimum Gasteiger partial charge on any atom is -0.357 e. The van der Waals surface area contributed by atoms with Gasteiger partial charge < -0.3 is 5.32 Å². The van der Waals surface area contributed by atoms with Crippen LogP contribution in [0.1, 0.15) is 4.88 Å². The summed E-state index contributed by atoms with van der Waals surface area (Å²) in [4.78, 5) is 8.82. The van der Waals surface area contributed by atoms with Gasteiger partial charge in [0.15, 0.2) is 0 Å². The largest absolute Gasteiger partial charge is 0.357 e. The highest BCUT2D eigenvalue weighted by atomic mass is 35.5. The summed E-state index contributed by atoms with van der Waals surface area (Å²) < 4.78 is 27.2. The van der Waals surface area contributed by atoms with Crippen molar-refractivity contribution in [2.75, 3.05) is 18.9 Å². The molecule has 0 radical (unpaired) electrons. The van der Waals surface area contributed by atoms with E-state index in [2.05, 4.69) is 20.0 Å². The van der Waals surface area contributed by atoms with Gasteiger partial charge in [-0.05, 0) is 18.6 Å². The number of rotatable bonds is 6. The van der Waals surface area contributed by atoms with E-state index in [4.69, 9.17) is 11.6 Å². The maximum absolute atomic E-state index is 12.0. The summed E-state index contributed by atoms with van der Waals surface area (Å²) in [5.41, 5.74) is 0. The molecule has 6 nitrogen and oxygen atoms in total. The van der Waals surface area contributed by atoms with E-state index < -0.39 is 10.0 Å². The molecule has 0 aliphatic rings. The maximum atomic E-state index is 12.0. The molecule has 2 rings (SSSR count). The molecule has 0 atom stereocenters. The maximum Gasteiger partial charge on any atom is 0.243 e. The highest BCUT2D eigenvalue weighted by Crippen LogP contribution is 2.21. The molecule has 0 aliphatic carbocycles. The normalized spacial score (nSPS) is 11.5. The topological polar surface area (TPSA) is 84.0 Å². The molecule has 0 bridgehead atoms. The van der Waals surface area contributed by atoms with Gasteiger partial charge in [-0.3, -0.25) is 0 Å². The lowest BCUT2D eigenvalue weighted by Crippen LogP contribution is -2.26. The van der Waals surface area contributed by atoms with Gasteiger partial charge in [-0.25, -0.2) is 23.1 Å². The van der Waals surface area contributed by atoms with E-state index in [-0.39, 0.29) is 4.90 Å². The van der Waals surface area contributed by atoms with Crippen LogP contribution in [-0.4, -0.2) is 32.0 Å². The number of nitrogens with one attached hydrogen (secondary N) is 2. The molecule has 0 fully saturated rings. The Kier molecular flexibility index (Phi) is 4.92. The van der Waals surface area contributed by atoms with Gasteiger partial charge in [-0.15, -0.1) is 11.3 Å². The number of thiophene rings is 1. The molecule has 2 aromatic rings. The highest BCUT2D eigenvalue weighted by molar-refractivity contribution is 7.89. The van der Waals surface area contributed by atoms with Crippen molar-refractivity contribution in [2.24, 2.45) is 0 Å². The molecule has 0 aliphatic heterocycles. The second kappa shape index (κ2) is 6.49. The number of nitrogens with zero attached hydrogens (tertiary/aromatic N) is 2. The lowest BCUT2D eigenvalue weighted by Gasteiger charge is -2.06. The third kappa shape index (κ3) is 3.89. The summed E-state index contributed by atoms with van der Waals surface area (Å²) in [7, 11) is -1.92. The van der Waals surface area contributed by atoms with Crippen molar-refractivity contribution in [3.8, 4) is 0 Å². The third-order valence-electron chi connectivity index (χ3n) is 2.45. The SMILES string of the molecule is CNc1ncc(S(=O)(=O)NCCc2ccc(Cl)s2)cn1. The highest BCUT2D eigenvalue weighted by Gasteiger charge is 2.14. The molecular weight excluding hydrogens is 320 g/mol. The number of halogens is 1. The van der Waals surface area contributed by atoms with Crippen molar-refractivity contribution in [3.05, 3.63) is 33.7 Å². The summed E-state index contributed by atoms with van der Waals surface area (Å²) in [6, 6.07) is 3.67. The summed E-state index contributed by atoms with van der Waals surface area (Å²) in [6.07, 6.45) is 3.12. The summed E-state index contributed by atoms with van der Waals surface area (Å²) in [5, 5.41) is 2.72. The van der Waals surface area contributed by atoms with Crippen LogP contribution in [0.25, 0.3) is 0 Å². The average Bonchev–Trinajstić information content (AvgIpc) is 2.84. The molecule has 2 N–H and O–H groups in total. The zero-order valence-corrected chi connectivity index (χ0v) is 13.0. The Morgan fingerprint density at radius 3 is 2.55 bits per heavy atom. The Hall–Kier alpha value is -1.22. The summed E-state index contributed by atoms with van der Waals surface area (Å²) >= 11 is 7.25. The fourth-order valence-corrected chi connectivity index (χ4v) is 3.47. The lowest BCUT2D eigenvalue weighted by atomic mass is 10.3. The van der Waals surface area contributed by atoms with Crippen LogP contribution >= 0.6 is 22.9 Å². The Labute approximate surface area is 126 Å². The molecule has 0 saturated carbocycles. The monoisotopic (exact) mass is 332 g/mol. The standard InChI is InChI=1S/C11H13ClN4O2S2/c1-13-11-14-6-9(7-15-11)20(17,18)16-5-4-8-2-3-10(12)19-8/h2-3,6-7,16H,4-5H2,1H3,(H,13,14,15). The third-order valence-corrected chi connectivity index (χ3v) is 5.16. The van der Waals surface area contributed by atoms with Crippen LogP contribution in [0, 0.1) is 0 Å². The summed E-state index contributed by atoms with van der Waals surface area (Å²) in [6.45, 7) is 0.299. The Morgan fingerprint density at radius 2 is 2.00 bits per heavy atom. The van der Waals surface area contributed by atoms with Crippen molar-refractivity contribution in [1.29, 1.82) is 0 Å². The van der Waals surface area contributed by atoms with Gasteiger partial charge in [-0.2, -0.15) is 0 Å². The molecular formula is C11H13ClN4O2S2. The fourth-order valence-electron chi connectivity index (χ4n) is 1.46. The second-order valence-electron chi connectivity index (χ2n) is 3.85. The quantitative estimate of drug-likeness (QED) is 0.842. The Morgan fingerprint density at radius 1 is 1.30 bits per heavy atom. The van der Waals surface area contributed by atoms with E-state index in [1.807, 2.05) is 6.07 Å². The van der Waals surface area contributed by atoms with Gasteiger partial charge in [0, 0.05) is 18.5 Å². The van der Waals surface area contributed by atoms with Gasteiger partial charge >= 0.3 is 0 Å². The van der Waals surface area contributed by atoms with E-state index in [9.17, 15) is 8.42 Å². The van der Waals surface area contributed by atoms with E-state index in [1.165, 1.54) is 23.7 Å². The zero-order valence-electron chi connectivity index (χ0n) is 10.6. The molecule has 0 saturated heterocycles. The fraction of sp³-hybridized carbons (Fsp3) is 0.273. The van der Waals surface area contributed by atoms with Crippen molar-refractivity contribution in [3.63, 3.8) is 0 Å². The molecule has 0 spiro atoms. The molecule has 0 aromatic carbocycles. The Bertz CT molecular complexity index is 670. The first-order valence-electron chi connectivity index (χ1n) is 5.75. The smallest absolute Gasteiger partial charge is 0.243 e. The van der Waals surface area contributed by atoms with E-state index in [0.29, 0.717) is 23.3 Å². The van der Waals surface area contributed by atoms with Crippen LogP contribution in [0.4, 0.5) is 5.95 Å². The van der Waals surface area contributed by atoms with E-state index >= 15 is 0 Å². The molecule has 9 heteroatoms. The molecule has 2 heterocycles. The van der Waals surface area contributed by atoms with Crippen LogP contribution < -0.4 is 10.0 Å². The Balaban J connectivity index is 1.96. The first kappa shape index (κ1) is 15.2. The van der Waals surface area contributed by atoms with Gasteiger partial charge in [0.2, 0.25) is 16.0 Å². The minimum absolute atomic E-state index is 0.0423. The van der Waals surface area contributed by atoms with Gasteiger partial charge in [0.05, 0.1) is 16.7 Å². The van der Waals surface area contributed by atoms with Gasteiger partial charge in [0.1, 0.15) is 4.90 Å². The number of aromatic nitrogens is 2. The number of sulfonamides is 1. The lowest BCUT2D eigenvalue weighted by molar-refractivity contribution is 0.581. The van der Waals surface area contributed by atoms with Crippen molar-refractivity contribution < 1.29 is 8.42 Å². The number of hydrogen-bond donors (Lipinski definition) is 2.